The fourth-order valence-electron chi connectivity index (χ4n) is 4.42. The van der Waals surface area contributed by atoms with E-state index >= 15 is 0 Å². The van der Waals surface area contributed by atoms with Gasteiger partial charge in [-0.05, 0) is 36.7 Å². The van der Waals surface area contributed by atoms with Gasteiger partial charge in [-0.3, -0.25) is 9.59 Å². The minimum absolute atomic E-state index is 0.157. The second-order valence-corrected chi connectivity index (χ2v) is 6.37. The van der Waals surface area contributed by atoms with E-state index < -0.39 is 17.4 Å². The predicted octanol–water partition coefficient (Wildman–Crippen LogP) is 3.09. The zero-order chi connectivity index (χ0) is 16.4. The molecule has 0 N–H and O–H groups in total. The van der Waals surface area contributed by atoms with Gasteiger partial charge in [-0.15, -0.1) is 0 Å². The van der Waals surface area contributed by atoms with E-state index in [1.807, 2.05) is 24.3 Å². The predicted molar refractivity (Wildman–Crippen MR) is 85.6 cm³/mol. The first-order valence-corrected chi connectivity index (χ1v) is 8.03. The van der Waals surface area contributed by atoms with Crippen molar-refractivity contribution in [3.8, 4) is 0 Å². The molecular formula is C19H22O4. The monoisotopic (exact) mass is 314 g/mol. The Labute approximate surface area is 136 Å². The number of methoxy groups -OCH3 is 2. The number of fused-ring (bicyclic) bond motifs is 1. The molecule has 0 radical (unpaired) electrons. The van der Waals surface area contributed by atoms with E-state index in [0.29, 0.717) is 6.42 Å². The van der Waals surface area contributed by atoms with E-state index in [1.54, 1.807) is 0 Å². The van der Waals surface area contributed by atoms with Crippen molar-refractivity contribution in [3.63, 3.8) is 0 Å². The number of ether oxygens (including phenoxy) is 2. The number of hydrogen-bond acceptors (Lipinski definition) is 4. The van der Waals surface area contributed by atoms with Gasteiger partial charge in [0.1, 0.15) is 0 Å². The smallest absolute Gasteiger partial charge is 0.323 e. The van der Waals surface area contributed by atoms with Gasteiger partial charge in [0.15, 0.2) is 5.41 Å². The van der Waals surface area contributed by atoms with Gasteiger partial charge in [-0.2, -0.15) is 0 Å². The van der Waals surface area contributed by atoms with Crippen LogP contribution in [-0.2, 0) is 19.1 Å². The first-order valence-electron chi connectivity index (χ1n) is 8.03. The molecule has 1 saturated carbocycles. The Kier molecular flexibility index (Phi) is 4.24. The lowest BCUT2D eigenvalue weighted by molar-refractivity contribution is -0.171. The maximum absolute atomic E-state index is 12.6. The average Bonchev–Trinajstić information content (AvgIpc) is 2.97. The van der Waals surface area contributed by atoms with E-state index in [2.05, 4.69) is 18.2 Å². The number of hydrogen-bond donors (Lipinski definition) is 0. The normalized spacial score (nSPS) is 28.0. The van der Waals surface area contributed by atoms with Crippen molar-refractivity contribution in [2.45, 2.75) is 25.2 Å². The molecular weight excluding hydrogens is 292 g/mol. The Bertz CT molecular complexity index is 604. The first-order chi connectivity index (χ1) is 11.1. The number of carbonyl (C=O) groups is 2. The maximum Gasteiger partial charge on any atom is 0.323 e. The van der Waals surface area contributed by atoms with Crippen LogP contribution in [0.3, 0.4) is 0 Å². The summed E-state index contributed by atoms with van der Waals surface area (Å²) >= 11 is 0. The summed E-state index contributed by atoms with van der Waals surface area (Å²) in [6.45, 7) is 0. The van der Waals surface area contributed by atoms with E-state index in [9.17, 15) is 9.59 Å². The summed E-state index contributed by atoms with van der Waals surface area (Å²) in [5, 5.41) is 0. The fraction of sp³-hybridized carbons (Fsp3) is 0.474. The van der Waals surface area contributed by atoms with Crippen molar-refractivity contribution in [1.29, 1.82) is 0 Å². The summed E-state index contributed by atoms with van der Waals surface area (Å²) in [7, 11) is 2.68. The van der Waals surface area contributed by atoms with Gasteiger partial charge in [0.05, 0.1) is 14.2 Å². The number of allylic oxidation sites excluding steroid dienone is 2. The Hall–Kier alpha value is -2.10. The molecule has 2 aliphatic rings. The molecule has 0 aliphatic heterocycles. The molecule has 1 aromatic rings. The van der Waals surface area contributed by atoms with Crippen LogP contribution in [0.25, 0.3) is 0 Å². The number of carbonyl (C=O) groups excluding carboxylic acids is 2. The lowest BCUT2D eigenvalue weighted by atomic mass is 9.72. The van der Waals surface area contributed by atoms with Crippen molar-refractivity contribution in [1.82, 2.24) is 0 Å². The molecule has 0 saturated heterocycles. The second kappa shape index (κ2) is 6.19. The van der Waals surface area contributed by atoms with Crippen LogP contribution in [0.2, 0.25) is 0 Å². The zero-order valence-electron chi connectivity index (χ0n) is 13.5. The van der Waals surface area contributed by atoms with Crippen LogP contribution in [0.5, 0.6) is 0 Å². The highest BCUT2D eigenvalue weighted by Gasteiger charge is 2.63. The maximum atomic E-state index is 12.6. The van der Waals surface area contributed by atoms with Crippen LogP contribution in [-0.4, -0.2) is 26.2 Å². The van der Waals surface area contributed by atoms with E-state index in [0.717, 1.165) is 12.8 Å². The highest BCUT2D eigenvalue weighted by Crippen LogP contribution is 2.58. The van der Waals surface area contributed by atoms with Crippen LogP contribution in [0, 0.1) is 17.3 Å². The van der Waals surface area contributed by atoms with Gasteiger partial charge < -0.3 is 9.47 Å². The Morgan fingerprint density at radius 2 is 1.74 bits per heavy atom. The summed E-state index contributed by atoms with van der Waals surface area (Å²) in [6, 6.07) is 10.1. The molecule has 0 aromatic heterocycles. The highest BCUT2D eigenvalue weighted by atomic mass is 16.5. The minimum atomic E-state index is -1.23. The van der Waals surface area contributed by atoms with Crippen LogP contribution in [0.4, 0.5) is 0 Å². The topological polar surface area (TPSA) is 52.6 Å². The SMILES string of the molecule is COC(=O)C1(C(=O)OC)CC(c2ccccc2)C2CCC=CC21. The van der Waals surface area contributed by atoms with E-state index in [4.69, 9.17) is 9.47 Å². The quantitative estimate of drug-likeness (QED) is 0.489. The van der Waals surface area contributed by atoms with Gasteiger partial charge in [0.25, 0.3) is 0 Å². The second-order valence-electron chi connectivity index (χ2n) is 6.37. The molecule has 3 atom stereocenters. The number of rotatable bonds is 3. The third-order valence-electron chi connectivity index (χ3n) is 5.43. The van der Waals surface area contributed by atoms with Crippen LogP contribution in [0.1, 0.15) is 30.7 Å². The number of benzene rings is 1. The average molecular weight is 314 g/mol. The zero-order valence-corrected chi connectivity index (χ0v) is 13.5. The summed E-state index contributed by atoms with van der Waals surface area (Å²) in [5.74, 6) is -0.722. The van der Waals surface area contributed by atoms with Crippen molar-refractivity contribution >= 4 is 11.9 Å². The molecule has 4 heteroatoms. The molecule has 3 rings (SSSR count). The summed E-state index contributed by atoms with van der Waals surface area (Å²) in [5.41, 5.74) is -0.0570. The standard InChI is InChI=1S/C19H22O4/c1-22-17(20)19(18(21)23-2)12-15(13-8-4-3-5-9-13)14-10-6-7-11-16(14)19/h3-5,7-9,11,14-16H,6,10,12H2,1-2H3. The molecule has 0 spiro atoms. The van der Waals surface area contributed by atoms with Gasteiger partial charge in [0, 0.05) is 5.92 Å². The first kappa shape index (κ1) is 15.8. The van der Waals surface area contributed by atoms with Gasteiger partial charge in [-0.25, -0.2) is 0 Å². The van der Waals surface area contributed by atoms with Crippen LogP contribution >= 0.6 is 0 Å². The van der Waals surface area contributed by atoms with Gasteiger partial charge in [0.2, 0.25) is 0 Å². The van der Waals surface area contributed by atoms with E-state index in [-0.39, 0.29) is 17.8 Å². The molecule has 1 aromatic carbocycles. The number of esters is 2. The summed E-state index contributed by atoms with van der Waals surface area (Å²) in [4.78, 5) is 25.2. The molecule has 0 heterocycles. The fourth-order valence-corrected chi connectivity index (χ4v) is 4.42. The Morgan fingerprint density at radius 3 is 2.35 bits per heavy atom. The molecule has 3 unspecified atom stereocenters. The Morgan fingerprint density at radius 1 is 1.09 bits per heavy atom. The molecule has 23 heavy (non-hydrogen) atoms. The largest absolute Gasteiger partial charge is 0.468 e. The van der Waals surface area contributed by atoms with Crippen LogP contribution in [0.15, 0.2) is 42.5 Å². The molecule has 4 nitrogen and oxygen atoms in total. The highest BCUT2D eigenvalue weighted by molar-refractivity contribution is 6.01. The van der Waals surface area contributed by atoms with Gasteiger partial charge in [-0.1, -0.05) is 42.5 Å². The lowest BCUT2D eigenvalue weighted by Crippen LogP contribution is -2.45. The lowest BCUT2D eigenvalue weighted by Gasteiger charge is -2.32. The molecule has 1 fully saturated rings. The molecule has 122 valence electrons. The van der Waals surface area contributed by atoms with Crippen molar-refractivity contribution in [2.75, 3.05) is 14.2 Å². The molecule has 2 aliphatic carbocycles. The summed E-state index contributed by atoms with van der Waals surface area (Å²) < 4.78 is 10.0. The third kappa shape index (κ3) is 2.37. The Balaban J connectivity index is 2.09. The third-order valence-corrected chi connectivity index (χ3v) is 5.43. The van der Waals surface area contributed by atoms with Gasteiger partial charge >= 0.3 is 11.9 Å². The molecule has 0 bridgehead atoms. The minimum Gasteiger partial charge on any atom is -0.468 e. The summed E-state index contributed by atoms with van der Waals surface area (Å²) in [6.07, 6.45) is 6.47. The van der Waals surface area contributed by atoms with Crippen molar-refractivity contribution in [3.05, 3.63) is 48.0 Å². The molecule has 0 amide bonds. The van der Waals surface area contributed by atoms with Crippen molar-refractivity contribution in [2.24, 2.45) is 17.3 Å². The van der Waals surface area contributed by atoms with Crippen LogP contribution < -0.4 is 0 Å². The van der Waals surface area contributed by atoms with E-state index in [1.165, 1.54) is 19.8 Å². The van der Waals surface area contributed by atoms with Crippen molar-refractivity contribution < 1.29 is 19.1 Å².